The number of hydrogen-bond acceptors (Lipinski definition) is 2. The van der Waals surface area contributed by atoms with Crippen LogP contribution >= 0.6 is 11.8 Å². The summed E-state index contributed by atoms with van der Waals surface area (Å²) in [5, 5.41) is 4.95. The molecule has 94 valence electrons. The van der Waals surface area contributed by atoms with Gasteiger partial charge >= 0.3 is 0 Å². The Kier molecular flexibility index (Phi) is 3.38. The molecule has 0 fully saturated rings. The molecule has 1 amide bonds. The Morgan fingerprint density at radius 3 is 2.58 bits per heavy atom. The van der Waals surface area contributed by atoms with Crippen molar-refractivity contribution in [3.63, 3.8) is 0 Å². The van der Waals surface area contributed by atoms with E-state index < -0.39 is 0 Å². The van der Waals surface area contributed by atoms with E-state index in [9.17, 15) is 4.79 Å². The molecular formula is C16H13NOS. The van der Waals surface area contributed by atoms with E-state index in [0.29, 0.717) is 6.42 Å². The molecule has 1 aliphatic rings. The van der Waals surface area contributed by atoms with Crippen LogP contribution < -0.4 is 5.32 Å². The summed E-state index contributed by atoms with van der Waals surface area (Å²) >= 11 is 1.62. The molecule has 0 aliphatic carbocycles. The molecule has 0 aromatic heterocycles. The molecule has 0 atom stereocenters. The molecule has 1 heterocycles. The van der Waals surface area contributed by atoms with E-state index in [0.717, 1.165) is 21.7 Å². The maximum absolute atomic E-state index is 11.7. The van der Waals surface area contributed by atoms with Crippen LogP contribution in [0.15, 0.2) is 64.9 Å². The fourth-order valence-electron chi connectivity index (χ4n) is 2.09. The highest BCUT2D eigenvalue weighted by molar-refractivity contribution is 8.02. The summed E-state index contributed by atoms with van der Waals surface area (Å²) in [4.78, 5) is 12.8. The number of hydrogen-bond donors (Lipinski definition) is 1. The van der Waals surface area contributed by atoms with Crippen molar-refractivity contribution in [2.75, 3.05) is 0 Å². The monoisotopic (exact) mass is 267 g/mol. The topological polar surface area (TPSA) is 29.1 Å². The second-order valence-corrected chi connectivity index (χ2v) is 5.29. The second kappa shape index (κ2) is 5.33. The van der Waals surface area contributed by atoms with Crippen LogP contribution in [-0.2, 0) is 11.2 Å². The van der Waals surface area contributed by atoms with Gasteiger partial charge in [-0.25, -0.2) is 0 Å². The smallest absolute Gasteiger partial charge is 0.228 e. The predicted molar refractivity (Wildman–Crippen MR) is 78.6 cm³/mol. The lowest BCUT2D eigenvalue weighted by Gasteiger charge is -2.19. The molecule has 2 aromatic carbocycles. The van der Waals surface area contributed by atoms with E-state index in [4.69, 9.17) is 0 Å². The molecular weight excluding hydrogens is 254 g/mol. The SMILES string of the molecule is O=C1Cc2ccccc2C(=CSc2ccccc2)N1. The van der Waals surface area contributed by atoms with Gasteiger partial charge < -0.3 is 5.32 Å². The molecule has 2 nitrogen and oxygen atoms in total. The average molecular weight is 267 g/mol. The maximum atomic E-state index is 11.7. The summed E-state index contributed by atoms with van der Waals surface area (Å²) < 4.78 is 0. The van der Waals surface area contributed by atoms with Crippen LogP contribution in [0.5, 0.6) is 0 Å². The van der Waals surface area contributed by atoms with Crippen molar-refractivity contribution in [3.05, 3.63) is 71.1 Å². The Hall–Kier alpha value is -2.00. The molecule has 2 aromatic rings. The summed E-state index contributed by atoms with van der Waals surface area (Å²) in [6.45, 7) is 0. The molecule has 3 rings (SSSR count). The van der Waals surface area contributed by atoms with Gasteiger partial charge in [-0.3, -0.25) is 4.79 Å². The van der Waals surface area contributed by atoms with Crippen LogP contribution in [0.25, 0.3) is 5.70 Å². The lowest BCUT2D eigenvalue weighted by Crippen LogP contribution is -2.29. The summed E-state index contributed by atoms with van der Waals surface area (Å²) in [5.74, 6) is 0.0543. The lowest BCUT2D eigenvalue weighted by molar-refractivity contribution is -0.119. The fraction of sp³-hybridized carbons (Fsp3) is 0.0625. The Morgan fingerprint density at radius 1 is 1.00 bits per heavy atom. The summed E-state index contributed by atoms with van der Waals surface area (Å²) in [5.41, 5.74) is 3.09. The first kappa shape index (κ1) is 12.1. The third-order valence-corrected chi connectivity index (χ3v) is 3.89. The highest BCUT2D eigenvalue weighted by Gasteiger charge is 2.18. The standard InChI is InChI=1S/C16H13NOS/c18-16-10-12-6-4-5-9-14(12)15(17-16)11-19-13-7-2-1-3-8-13/h1-9,11H,10H2,(H,17,18). The number of amides is 1. The van der Waals surface area contributed by atoms with Gasteiger partial charge in [0.1, 0.15) is 0 Å². The molecule has 3 heteroatoms. The first-order chi connectivity index (χ1) is 9.33. The Morgan fingerprint density at radius 2 is 1.74 bits per heavy atom. The van der Waals surface area contributed by atoms with Crippen LogP contribution in [-0.4, -0.2) is 5.91 Å². The van der Waals surface area contributed by atoms with Crippen molar-refractivity contribution in [3.8, 4) is 0 Å². The zero-order chi connectivity index (χ0) is 13.1. The van der Waals surface area contributed by atoms with Gasteiger partial charge in [-0.05, 0) is 17.7 Å². The Labute approximate surface area is 116 Å². The maximum Gasteiger partial charge on any atom is 0.228 e. The quantitative estimate of drug-likeness (QED) is 0.844. The summed E-state index contributed by atoms with van der Waals surface area (Å²) in [6.07, 6.45) is 0.462. The van der Waals surface area contributed by atoms with E-state index in [1.54, 1.807) is 11.8 Å². The third kappa shape index (κ3) is 2.71. The van der Waals surface area contributed by atoms with Crippen LogP contribution in [0.1, 0.15) is 11.1 Å². The number of fused-ring (bicyclic) bond motifs is 1. The Bertz CT molecular complexity index is 634. The van der Waals surface area contributed by atoms with Crippen LogP contribution in [0.3, 0.4) is 0 Å². The molecule has 0 saturated carbocycles. The van der Waals surface area contributed by atoms with Gasteiger partial charge in [-0.2, -0.15) is 0 Å². The molecule has 0 saturated heterocycles. The van der Waals surface area contributed by atoms with Crippen molar-refractivity contribution in [2.45, 2.75) is 11.3 Å². The van der Waals surface area contributed by atoms with Gasteiger partial charge in [0.15, 0.2) is 0 Å². The van der Waals surface area contributed by atoms with Gasteiger partial charge in [0.25, 0.3) is 0 Å². The number of thioether (sulfide) groups is 1. The van der Waals surface area contributed by atoms with E-state index in [2.05, 4.69) is 17.4 Å². The van der Waals surface area contributed by atoms with Crippen molar-refractivity contribution in [1.29, 1.82) is 0 Å². The summed E-state index contributed by atoms with van der Waals surface area (Å²) in [6, 6.07) is 18.1. The molecule has 0 unspecified atom stereocenters. The zero-order valence-corrected chi connectivity index (χ0v) is 11.1. The van der Waals surface area contributed by atoms with Gasteiger partial charge in [0.05, 0.1) is 12.1 Å². The third-order valence-electron chi connectivity index (χ3n) is 2.99. The first-order valence-corrected chi connectivity index (χ1v) is 7.01. The molecule has 0 bridgehead atoms. The largest absolute Gasteiger partial charge is 0.325 e. The number of benzene rings is 2. The second-order valence-electron chi connectivity index (χ2n) is 4.34. The van der Waals surface area contributed by atoms with Crippen LogP contribution in [0.4, 0.5) is 0 Å². The minimum atomic E-state index is 0.0543. The van der Waals surface area contributed by atoms with Gasteiger partial charge in [0, 0.05) is 15.9 Å². The van der Waals surface area contributed by atoms with Gasteiger partial charge in [-0.1, -0.05) is 54.2 Å². The molecule has 0 radical (unpaired) electrons. The first-order valence-electron chi connectivity index (χ1n) is 6.13. The average Bonchev–Trinajstić information content (AvgIpc) is 2.45. The number of rotatable bonds is 2. The van der Waals surface area contributed by atoms with Crippen LogP contribution in [0.2, 0.25) is 0 Å². The number of carbonyl (C=O) groups is 1. The fourth-order valence-corrected chi connectivity index (χ4v) is 2.84. The van der Waals surface area contributed by atoms with Crippen molar-refractivity contribution >= 4 is 23.4 Å². The lowest BCUT2D eigenvalue weighted by atomic mass is 9.98. The zero-order valence-electron chi connectivity index (χ0n) is 10.3. The predicted octanol–water partition coefficient (Wildman–Crippen LogP) is 3.45. The Balaban J connectivity index is 1.90. The minimum Gasteiger partial charge on any atom is -0.325 e. The van der Waals surface area contributed by atoms with Crippen molar-refractivity contribution in [2.24, 2.45) is 0 Å². The molecule has 1 N–H and O–H groups in total. The summed E-state index contributed by atoms with van der Waals surface area (Å²) in [7, 11) is 0. The van der Waals surface area contributed by atoms with Gasteiger partial charge in [0.2, 0.25) is 5.91 Å². The molecule has 19 heavy (non-hydrogen) atoms. The van der Waals surface area contributed by atoms with E-state index in [1.165, 1.54) is 0 Å². The minimum absolute atomic E-state index is 0.0543. The van der Waals surface area contributed by atoms with Crippen LogP contribution in [0, 0.1) is 0 Å². The van der Waals surface area contributed by atoms with E-state index >= 15 is 0 Å². The number of nitrogens with one attached hydrogen (secondary N) is 1. The number of carbonyl (C=O) groups excluding carboxylic acids is 1. The molecule has 1 aliphatic heterocycles. The highest BCUT2D eigenvalue weighted by Crippen LogP contribution is 2.27. The van der Waals surface area contributed by atoms with Crippen molar-refractivity contribution < 1.29 is 4.79 Å². The van der Waals surface area contributed by atoms with Gasteiger partial charge in [-0.15, -0.1) is 0 Å². The highest BCUT2D eigenvalue weighted by atomic mass is 32.2. The molecule has 0 spiro atoms. The van der Waals surface area contributed by atoms with Crippen molar-refractivity contribution in [1.82, 2.24) is 5.32 Å². The normalized spacial score (nSPS) is 16.0. The van der Waals surface area contributed by atoms with E-state index in [1.807, 2.05) is 47.9 Å². The van der Waals surface area contributed by atoms with E-state index in [-0.39, 0.29) is 5.91 Å².